The third-order valence-electron chi connectivity index (χ3n) is 2.71. The van der Waals surface area contributed by atoms with Gasteiger partial charge in [0.2, 0.25) is 0 Å². The fraction of sp³-hybridized carbons (Fsp3) is 0.0667. The monoisotopic (exact) mass is 269 g/mol. The molecule has 94 valence electrons. The number of nitrogens with zero attached hydrogens (tertiary/aromatic N) is 1. The number of carbonyl (C=O) groups excluding carboxylic acids is 1. The van der Waals surface area contributed by atoms with E-state index in [1.165, 1.54) is 11.8 Å². The van der Waals surface area contributed by atoms with Gasteiger partial charge in [-0.1, -0.05) is 72.4 Å². The number of rotatable bonds is 2. The topological polar surface area (TPSA) is 38.7 Å². The van der Waals surface area contributed by atoms with Gasteiger partial charge in [0.1, 0.15) is 5.04 Å². The van der Waals surface area contributed by atoms with Crippen LogP contribution in [-0.4, -0.2) is 11.1 Å². The summed E-state index contributed by atoms with van der Waals surface area (Å²) in [5.41, 5.74) is 1.57. The summed E-state index contributed by atoms with van der Waals surface area (Å²) in [6.07, 6.45) is -0.536. The highest BCUT2D eigenvalue weighted by Crippen LogP contribution is 2.36. The first-order valence-corrected chi connectivity index (χ1v) is 6.77. The van der Waals surface area contributed by atoms with Crippen molar-refractivity contribution < 1.29 is 9.53 Å². The van der Waals surface area contributed by atoms with E-state index in [9.17, 15) is 4.79 Å². The molecule has 1 aliphatic heterocycles. The van der Waals surface area contributed by atoms with E-state index in [1.54, 1.807) is 0 Å². The van der Waals surface area contributed by atoms with Gasteiger partial charge in [0.25, 0.3) is 0 Å². The van der Waals surface area contributed by atoms with Crippen molar-refractivity contribution in [2.24, 2.45) is 4.99 Å². The van der Waals surface area contributed by atoms with E-state index in [0.29, 0.717) is 5.04 Å². The molecule has 0 aromatic heterocycles. The number of ether oxygens (including phenoxy) is 1. The Kier molecular flexibility index (Phi) is 3.33. The molecule has 1 atom stereocenters. The van der Waals surface area contributed by atoms with E-state index in [1.807, 2.05) is 60.7 Å². The van der Waals surface area contributed by atoms with Crippen molar-refractivity contribution in [3.63, 3.8) is 0 Å². The van der Waals surface area contributed by atoms with Crippen LogP contribution in [0.1, 0.15) is 16.6 Å². The molecule has 1 aliphatic rings. The maximum atomic E-state index is 11.6. The van der Waals surface area contributed by atoms with Crippen molar-refractivity contribution >= 4 is 22.9 Å². The van der Waals surface area contributed by atoms with Crippen LogP contribution in [0.3, 0.4) is 0 Å². The molecule has 2 aromatic rings. The minimum absolute atomic E-state index is 0.332. The van der Waals surface area contributed by atoms with Gasteiger partial charge in [-0.3, -0.25) is 0 Å². The molecular formula is C15H11NO2S. The summed E-state index contributed by atoms with van der Waals surface area (Å²) in [7, 11) is 0. The molecule has 2 aromatic carbocycles. The third-order valence-corrected chi connectivity index (χ3v) is 3.84. The molecule has 0 saturated carbocycles. The van der Waals surface area contributed by atoms with Crippen molar-refractivity contribution in [3.8, 4) is 0 Å². The maximum absolute atomic E-state index is 11.6. The first kappa shape index (κ1) is 12.0. The molecule has 0 fully saturated rings. The maximum Gasteiger partial charge on any atom is 0.436 e. The van der Waals surface area contributed by atoms with Gasteiger partial charge in [-0.05, 0) is 0 Å². The fourth-order valence-electron chi connectivity index (χ4n) is 1.81. The Balaban J connectivity index is 1.90. The van der Waals surface area contributed by atoms with Gasteiger partial charge in [0, 0.05) is 11.1 Å². The summed E-state index contributed by atoms with van der Waals surface area (Å²) in [4.78, 5) is 15.6. The average molecular weight is 269 g/mol. The zero-order valence-corrected chi connectivity index (χ0v) is 10.8. The van der Waals surface area contributed by atoms with E-state index in [0.717, 1.165) is 11.1 Å². The molecule has 1 heterocycles. The van der Waals surface area contributed by atoms with E-state index < -0.39 is 6.09 Å². The minimum atomic E-state index is -0.536. The van der Waals surface area contributed by atoms with Crippen LogP contribution in [0.5, 0.6) is 0 Å². The average Bonchev–Trinajstić information content (AvgIpc) is 2.48. The molecule has 0 N–H and O–H groups in total. The molecule has 0 saturated heterocycles. The number of cyclic esters (lactones) is 1. The molecule has 0 spiro atoms. The second-order valence-electron chi connectivity index (χ2n) is 4.03. The zero-order chi connectivity index (χ0) is 13.1. The Morgan fingerprint density at radius 2 is 1.58 bits per heavy atom. The van der Waals surface area contributed by atoms with Gasteiger partial charge in [-0.2, -0.15) is 4.99 Å². The predicted molar refractivity (Wildman–Crippen MR) is 76.2 cm³/mol. The summed E-state index contributed by atoms with van der Waals surface area (Å²) in [6.45, 7) is 0. The summed E-state index contributed by atoms with van der Waals surface area (Å²) in [5, 5.41) is 0.700. The normalized spacial score (nSPS) is 18.6. The summed E-state index contributed by atoms with van der Waals surface area (Å²) in [5.74, 6) is 0. The smallest absolute Gasteiger partial charge is 0.428 e. The van der Waals surface area contributed by atoms with Crippen LogP contribution in [0, 0.1) is 0 Å². The van der Waals surface area contributed by atoms with E-state index in [4.69, 9.17) is 4.74 Å². The molecule has 19 heavy (non-hydrogen) atoms. The highest BCUT2D eigenvalue weighted by Gasteiger charge is 2.25. The minimum Gasteiger partial charge on any atom is -0.428 e. The lowest BCUT2D eigenvalue weighted by Crippen LogP contribution is -2.15. The zero-order valence-electron chi connectivity index (χ0n) is 10.0. The molecule has 1 amide bonds. The van der Waals surface area contributed by atoms with Gasteiger partial charge < -0.3 is 4.74 Å². The second-order valence-corrected chi connectivity index (χ2v) is 5.08. The predicted octanol–water partition coefficient (Wildman–Crippen LogP) is 4.02. The number of carbonyl (C=O) groups is 1. The molecule has 0 aliphatic carbocycles. The molecule has 0 bridgehead atoms. The Morgan fingerprint density at radius 3 is 2.26 bits per heavy atom. The first-order chi connectivity index (χ1) is 9.33. The van der Waals surface area contributed by atoms with Crippen LogP contribution in [0.25, 0.3) is 0 Å². The van der Waals surface area contributed by atoms with Crippen LogP contribution in [0.4, 0.5) is 4.79 Å². The number of aliphatic imine (C=N–C) groups is 1. The van der Waals surface area contributed by atoms with E-state index in [2.05, 4.69) is 4.99 Å². The summed E-state index contributed by atoms with van der Waals surface area (Å²) in [6, 6.07) is 19.3. The lowest BCUT2D eigenvalue weighted by atomic mass is 10.2. The highest BCUT2D eigenvalue weighted by atomic mass is 32.2. The molecular weight excluding hydrogens is 258 g/mol. The number of hydrogen-bond acceptors (Lipinski definition) is 3. The number of thioether (sulfide) groups is 1. The van der Waals surface area contributed by atoms with Crippen molar-refractivity contribution in [1.82, 2.24) is 0 Å². The van der Waals surface area contributed by atoms with Gasteiger partial charge >= 0.3 is 6.09 Å². The number of amides is 1. The van der Waals surface area contributed by atoms with Crippen molar-refractivity contribution in [2.75, 3.05) is 0 Å². The highest BCUT2D eigenvalue weighted by molar-refractivity contribution is 8.14. The largest absolute Gasteiger partial charge is 0.436 e. The van der Waals surface area contributed by atoms with Crippen LogP contribution in [0.15, 0.2) is 65.7 Å². The lowest BCUT2D eigenvalue weighted by Gasteiger charge is -2.21. The molecule has 3 nitrogen and oxygen atoms in total. The van der Waals surface area contributed by atoms with Crippen LogP contribution in [0.2, 0.25) is 0 Å². The fourth-order valence-corrected chi connectivity index (χ4v) is 2.84. The van der Waals surface area contributed by atoms with Gasteiger partial charge in [-0.25, -0.2) is 4.79 Å². The second kappa shape index (κ2) is 5.28. The number of benzene rings is 2. The Bertz CT molecular complexity index is 611. The van der Waals surface area contributed by atoms with E-state index in [-0.39, 0.29) is 5.44 Å². The van der Waals surface area contributed by atoms with Crippen LogP contribution in [-0.2, 0) is 4.74 Å². The Morgan fingerprint density at radius 1 is 0.947 bits per heavy atom. The quantitative estimate of drug-likeness (QED) is 0.826. The molecule has 3 rings (SSSR count). The standard InChI is InChI=1S/C15H11NO2S/c17-15-16-13(11-7-3-1-4-8-11)19-14(18-15)12-9-5-2-6-10-12/h1-10,14H. The summed E-state index contributed by atoms with van der Waals surface area (Å²) < 4.78 is 5.26. The molecule has 1 unspecified atom stereocenters. The SMILES string of the molecule is O=C1N=C(c2ccccc2)SC(c2ccccc2)O1. The van der Waals surface area contributed by atoms with E-state index >= 15 is 0 Å². The van der Waals surface area contributed by atoms with Gasteiger partial charge in [-0.15, -0.1) is 0 Å². The number of hydrogen-bond donors (Lipinski definition) is 0. The summed E-state index contributed by atoms with van der Waals surface area (Å²) >= 11 is 1.45. The third kappa shape index (κ3) is 2.69. The Labute approximate surface area is 115 Å². The van der Waals surface area contributed by atoms with Crippen molar-refractivity contribution in [3.05, 3.63) is 71.8 Å². The van der Waals surface area contributed by atoms with Gasteiger partial charge in [0.15, 0.2) is 5.44 Å². The van der Waals surface area contributed by atoms with Crippen LogP contribution >= 0.6 is 11.8 Å². The first-order valence-electron chi connectivity index (χ1n) is 5.89. The molecule has 0 radical (unpaired) electrons. The van der Waals surface area contributed by atoms with Crippen LogP contribution < -0.4 is 0 Å². The molecule has 4 heteroatoms. The van der Waals surface area contributed by atoms with Crippen molar-refractivity contribution in [1.29, 1.82) is 0 Å². The lowest BCUT2D eigenvalue weighted by molar-refractivity contribution is 0.146. The Hall–Kier alpha value is -2.07. The van der Waals surface area contributed by atoms with Crippen molar-refractivity contribution in [2.45, 2.75) is 5.44 Å². The van der Waals surface area contributed by atoms with Gasteiger partial charge in [0.05, 0.1) is 0 Å².